The molecule has 2 aliphatic rings. The second-order valence-corrected chi connectivity index (χ2v) is 11.3. The number of carbonyl (C=O) groups excluding carboxylic acids is 1. The molecule has 0 spiro atoms. The quantitative estimate of drug-likeness (QED) is 0.218. The van der Waals surface area contributed by atoms with E-state index >= 15 is 0 Å². The van der Waals surface area contributed by atoms with E-state index in [1.54, 1.807) is 25.1 Å². The van der Waals surface area contributed by atoms with Gasteiger partial charge in [0.1, 0.15) is 35.2 Å². The molecule has 2 aromatic heterocycles. The largest absolute Gasteiger partial charge is 0.489 e. The third-order valence-corrected chi connectivity index (χ3v) is 8.05. The van der Waals surface area contributed by atoms with Crippen LogP contribution in [0.25, 0.3) is 11.3 Å². The summed E-state index contributed by atoms with van der Waals surface area (Å²) >= 11 is 12.9. The van der Waals surface area contributed by atoms with Gasteiger partial charge >= 0.3 is 5.91 Å². The number of hydrogen-bond acceptors (Lipinski definition) is 8. The molecule has 0 radical (unpaired) electrons. The van der Waals surface area contributed by atoms with E-state index in [-0.39, 0.29) is 47.0 Å². The lowest BCUT2D eigenvalue weighted by Crippen LogP contribution is -2.60. The van der Waals surface area contributed by atoms with Gasteiger partial charge < -0.3 is 19.3 Å². The van der Waals surface area contributed by atoms with E-state index in [1.165, 1.54) is 17.0 Å². The second-order valence-electron chi connectivity index (χ2n) is 10.5. The van der Waals surface area contributed by atoms with Crippen molar-refractivity contribution < 1.29 is 27.9 Å². The number of nitroso groups, excluding NO2 is 1. The van der Waals surface area contributed by atoms with Gasteiger partial charge in [0, 0.05) is 28.4 Å². The number of ether oxygens (including phenoxy) is 1. The van der Waals surface area contributed by atoms with Crippen molar-refractivity contribution in [3.05, 3.63) is 97.2 Å². The van der Waals surface area contributed by atoms with E-state index in [4.69, 9.17) is 32.5 Å². The standard InChI is InChI=1S/C29H22Cl2F2N4O5/c1-14-6-17(32)8-22(31)24(14)25-19(26(42-36-25)15-2-3-15)11-41-18-4-5-20(21(30)9-18)29(39)12-37(13-29)27-23(33)7-16(10-34-27)28(38)35-40/h4-10,15,39H,2-3,11-13H2,1H3. The Morgan fingerprint density at radius 2 is 1.95 bits per heavy atom. The summed E-state index contributed by atoms with van der Waals surface area (Å²) in [5.41, 5.74) is 1.16. The van der Waals surface area contributed by atoms with Crippen LogP contribution in [0.15, 0.2) is 52.3 Å². The molecule has 0 unspecified atom stereocenters. The van der Waals surface area contributed by atoms with Crippen molar-refractivity contribution in [1.29, 1.82) is 0 Å². The number of aliphatic hydroxyl groups is 1. The number of rotatable bonds is 8. The first-order valence-corrected chi connectivity index (χ1v) is 13.7. The van der Waals surface area contributed by atoms with Gasteiger partial charge in [-0.15, -0.1) is 4.91 Å². The van der Waals surface area contributed by atoms with Crippen LogP contribution in [-0.4, -0.2) is 34.2 Å². The fourth-order valence-corrected chi connectivity index (χ4v) is 5.87. The molecule has 9 nitrogen and oxygen atoms in total. The molecule has 0 atom stereocenters. The third kappa shape index (κ3) is 5.12. The van der Waals surface area contributed by atoms with Crippen molar-refractivity contribution >= 4 is 34.9 Å². The Balaban J connectivity index is 1.18. The molecule has 3 heterocycles. The van der Waals surface area contributed by atoms with Gasteiger partial charge in [0.05, 0.1) is 34.3 Å². The van der Waals surface area contributed by atoms with Gasteiger partial charge in [-0.2, -0.15) is 0 Å². The second kappa shape index (κ2) is 10.7. The highest BCUT2D eigenvalue weighted by molar-refractivity contribution is 6.33. The van der Waals surface area contributed by atoms with Crippen molar-refractivity contribution in [2.45, 2.75) is 37.9 Å². The lowest BCUT2D eigenvalue weighted by molar-refractivity contribution is 0.00671. The van der Waals surface area contributed by atoms with E-state index in [1.807, 2.05) is 0 Å². The SMILES string of the molecule is Cc1cc(F)cc(Cl)c1-c1noc(C2CC2)c1COc1ccc(C2(O)CN(c3ncc(C(=O)N=O)cc3F)C2)c(Cl)c1. The molecule has 2 fully saturated rings. The van der Waals surface area contributed by atoms with Crippen LogP contribution in [0.3, 0.4) is 0 Å². The molecule has 42 heavy (non-hydrogen) atoms. The summed E-state index contributed by atoms with van der Waals surface area (Å²) in [4.78, 5) is 27.2. The zero-order chi connectivity index (χ0) is 29.8. The van der Waals surface area contributed by atoms with Crippen molar-refractivity contribution in [1.82, 2.24) is 10.1 Å². The van der Waals surface area contributed by atoms with Crippen LogP contribution in [0.1, 0.15) is 51.6 Å². The van der Waals surface area contributed by atoms with Gasteiger partial charge in [0.15, 0.2) is 11.6 Å². The predicted molar refractivity (Wildman–Crippen MR) is 150 cm³/mol. The van der Waals surface area contributed by atoms with Crippen LogP contribution in [-0.2, 0) is 12.2 Å². The smallest absolute Gasteiger partial charge is 0.318 e. The van der Waals surface area contributed by atoms with Crippen LogP contribution in [0.2, 0.25) is 10.0 Å². The summed E-state index contributed by atoms with van der Waals surface area (Å²) in [5.74, 6) is -1.11. The minimum atomic E-state index is -1.39. The molecule has 4 aromatic rings. The predicted octanol–water partition coefficient (Wildman–Crippen LogP) is 6.70. The molecule has 1 amide bonds. The topological polar surface area (TPSA) is 118 Å². The first kappa shape index (κ1) is 28.2. The van der Waals surface area contributed by atoms with E-state index in [0.29, 0.717) is 39.5 Å². The Labute approximate surface area is 248 Å². The monoisotopic (exact) mass is 614 g/mol. The highest BCUT2D eigenvalue weighted by atomic mass is 35.5. The summed E-state index contributed by atoms with van der Waals surface area (Å²) in [7, 11) is 0. The Hall–Kier alpha value is -3.93. The van der Waals surface area contributed by atoms with Crippen molar-refractivity contribution in [2.75, 3.05) is 18.0 Å². The Morgan fingerprint density at radius 3 is 2.60 bits per heavy atom. The summed E-state index contributed by atoms with van der Waals surface area (Å²) in [6, 6.07) is 8.36. The molecular weight excluding hydrogens is 593 g/mol. The number of nitrogens with zero attached hydrogens (tertiary/aromatic N) is 4. The fourth-order valence-electron chi connectivity index (χ4n) is 5.18. The molecule has 216 valence electrons. The number of carbonyl (C=O) groups is 1. The van der Waals surface area contributed by atoms with Crippen molar-refractivity contribution in [3.63, 3.8) is 0 Å². The van der Waals surface area contributed by atoms with Crippen molar-refractivity contribution in [2.24, 2.45) is 5.18 Å². The van der Waals surface area contributed by atoms with E-state index in [0.717, 1.165) is 25.1 Å². The number of β-amino-alcohol motifs (C(OH)–C–C–N with tert-alkyl or cyclic N) is 1. The van der Waals surface area contributed by atoms with Crippen LogP contribution in [0, 0.1) is 23.5 Å². The molecule has 13 heteroatoms. The van der Waals surface area contributed by atoms with E-state index < -0.39 is 23.1 Å². The van der Waals surface area contributed by atoms with Crippen LogP contribution < -0.4 is 9.64 Å². The molecule has 2 aromatic carbocycles. The lowest BCUT2D eigenvalue weighted by Gasteiger charge is -2.47. The van der Waals surface area contributed by atoms with Crippen LogP contribution in [0.4, 0.5) is 14.6 Å². The Morgan fingerprint density at radius 1 is 1.19 bits per heavy atom. The van der Waals surface area contributed by atoms with E-state index in [2.05, 4.69) is 15.3 Å². The Bertz CT molecular complexity index is 1710. The highest BCUT2D eigenvalue weighted by Gasteiger charge is 2.45. The van der Waals surface area contributed by atoms with E-state index in [9.17, 15) is 23.6 Å². The third-order valence-electron chi connectivity index (χ3n) is 7.44. The minimum absolute atomic E-state index is 0.0113. The Kier molecular flexibility index (Phi) is 7.20. The zero-order valence-corrected chi connectivity index (χ0v) is 23.5. The average Bonchev–Trinajstić information content (AvgIpc) is 3.69. The number of aryl methyl sites for hydroxylation is 1. The molecule has 1 aliphatic heterocycles. The van der Waals surface area contributed by atoms with Gasteiger partial charge in [-0.05, 0) is 55.7 Å². The number of anilines is 1. The molecule has 1 N–H and O–H groups in total. The molecule has 1 aliphatic carbocycles. The maximum absolute atomic E-state index is 14.5. The number of halogens is 4. The van der Waals surface area contributed by atoms with Crippen LogP contribution in [0.5, 0.6) is 5.75 Å². The summed E-state index contributed by atoms with van der Waals surface area (Å²) in [6.07, 6.45) is 2.98. The first-order chi connectivity index (χ1) is 20.1. The summed E-state index contributed by atoms with van der Waals surface area (Å²) in [6.45, 7) is 1.82. The van der Waals surface area contributed by atoms with Crippen molar-refractivity contribution in [3.8, 4) is 17.0 Å². The summed E-state index contributed by atoms with van der Waals surface area (Å²) in [5, 5.41) is 18.2. The van der Waals surface area contributed by atoms with Gasteiger partial charge in [-0.25, -0.2) is 13.8 Å². The maximum atomic E-state index is 14.5. The van der Waals surface area contributed by atoms with Crippen LogP contribution >= 0.6 is 23.2 Å². The zero-order valence-electron chi connectivity index (χ0n) is 22.0. The number of amides is 1. The van der Waals surface area contributed by atoms with Gasteiger partial charge in [-0.3, -0.25) is 4.79 Å². The first-order valence-electron chi connectivity index (χ1n) is 13.0. The fraction of sp³-hybridized carbons (Fsp3) is 0.276. The minimum Gasteiger partial charge on any atom is -0.489 e. The highest BCUT2D eigenvalue weighted by Crippen LogP contribution is 2.46. The number of aromatic nitrogens is 2. The van der Waals surface area contributed by atoms with Gasteiger partial charge in [0.2, 0.25) is 0 Å². The number of pyridine rings is 1. The lowest BCUT2D eigenvalue weighted by atomic mass is 9.86. The molecule has 1 saturated heterocycles. The molecular formula is C29H22Cl2F2N4O5. The molecule has 0 bridgehead atoms. The maximum Gasteiger partial charge on any atom is 0.318 e. The molecule has 6 rings (SSSR count). The average molecular weight is 615 g/mol. The summed E-state index contributed by atoms with van der Waals surface area (Å²) < 4.78 is 40.1. The number of hydrogen-bond donors (Lipinski definition) is 1. The normalized spacial score (nSPS) is 15.8. The number of benzene rings is 2. The van der Waals surface area contributed by atoms with Gasteiger partial charge in [0.25, 0.3) is 0 Å². The molecule has 1 saturated carbocycles. The van der Waals surface area contributed by atoms with Gasteiger partial charge in [-0.1, -0.05) is 34.4 Å².